The standard InChI is InChI=1S/C8H9N3O2S/c9-3-5(8(12)13)6-4-1-2-14-7(4)11-10-6/h1-2,5H,3,9H2,(H,10,11)(H,12,13). The molecule has 0 aromatic carbocycles. The first kappa shape index (κ1) is 9.17. The van der Waals surface area contributed by atoms with Crippen molar-refractivity contribution >= 4 is 27.5 Å². The van der Waals surface area contributed by atoms with Crippen LogP contribution in [0.25, 0.3) is 10.2 Å². The topological polar surface area (TPSA) is 92.0 Å². The second kappa shape index (κ2) is 3.39. The van der Waals surface area contributed by atoms with Crippen molar-refractivity contribution in [1.82, 2.24) is 10.2 Å². The summed E-state index contributed by atoms with van der Waals surface area (Å²) >= 11 is 1.47. The Kier molecular flexibility index (Phi) is 2.22. The van der Waals surface area contributed by atoms with Crippen molar-refractivity contribution in [2.45, 2.75) is 5.92 Å². The molecule has 0 fully saturated rings. The third kappa shape index (κ3) is 1.28. The Morgan fingerprint density at radius 2 is 2.57 bits per heavy atom. The first-order valence-corrected chi connectivity index (χ1v) is 4.96. The minimum Gasteiger partial charge on any atom is -0.481 e. The molecule has 0 radical (unpaired) electrons. The van der Waals surface area contributed by atoms with Crippen LogP contribution in [0.5, 0.6) is 0 Å². The summed E-state index contributed by atoms with van der Waals surface area (Å²) in [6.07, 6.45) is 0. The molecule has 74 valence electrons. The average Bonchev–Trinajstić information content (AvgIpc) is 2.69. The van der Waals surface area contributed by atoms with Gasteiger partial charge < -0.3 is 10.8 Å². The fraction of sp³-hybridized carbons (Fsp3) is 0.250. The number of aliphatic carboxylic acids is 1. The van der Waals surface area contributed by atoms with Gasteiger partial charge in [-0.25, -0.2) is 0 Å². The van der Waals surface area contributed by atoms with Gasteiger partial charge >= 0.3 is 5.97 Å². The molecule has 0 saturated carbocycles. The van der Waals surface area contributed by atoms with Crippen molar-refractivity contribution in [2.75, 3.05) is 6.54 Å². The molecule has 0 bridgehead atoms. The molecule has 14 heavy (non-hydrogen) atoms. The van der Waals surface area contributed by atoms with Gasteiger partial charge in [0.1, 0.15) is 10.7 Å². The lowest BCUT2D eigenvalue weighted by atomic mass is 10.0. The third-order valence-electron chi connectivity index (χ3n) is 2.10. The van der Waals surface area contributed by atoms with E-state index in [0.29, 0.717) is 5.69 Å². The summed E-state index contributed by atoms with van der Waals surface area (Å²) in [4.78, 5) is 11.7. The highest BCUT2D eigenvalue weighted by atomic mass is 32.1. The fourth-order valence-electron chi connectivity index (χ4n) is 1.37. The molecule has 2 heterocycles. The van der Waals surface area contributed by atoms with Crippen LogP contribution in [-0.4, -0.2) is 27.8 Å². The van der Waals surface area contributed by atoms with Gasteiger partial charge in [-0.3, -0.25) is 9.89 Å². The van der Waals surface area contributed by atoms with Gasteiger partial charge in [-0.1, -0.05) is 0 Å². The highest BCUT2D eigenvalue weighted by Crippen LogP contribution is 2.26. The van der Waals surface area contributed by atoms with E-state index in [1.807, 2.05) is 11.4 Å². The van der Waals surface area contributed by atoms with Gasteiger partial charge in [0.2, 0.25) is 0 Å². The quantitative estimate of drug-likeness (QED) is 0.698. The Hall–Kier alpha value is -1.40. The first-order valence-electron chi connectivity index (χ1n) is 4.08. The van der Waals surface area contributed by atoms with Crippen LogP contribution in [0.1, 0.15) is 11.6 Å². The number of hydrogen-bond donors (Lipinski definition) is 3. The summed E-state index contributed by atoms with van der Waals surface area (Å²) in [5.41, 5.74) is 5.99. The van der Waals surface area contributed by atoms with Gasteiger partial charge in [-0.15, -0.1) is 11.3 Å². The van der Waals surface area contributed by atoms with E-state index in [9.17, 15) is 4.79 Å². The number of hydrogen-bond acceptors (Lipinski definition) is 4. The zero-order valence-corrected chi connectivity index (χ0v) is 8.04. The van der Waals surface area contributed by atoms with Crippen molar-refractivity contribution in [1.29, 1.82) is 0 Å². The Bertz CT molecular complexity index is 462. The zero-order valence-electron chi connectivity index (χ0n) is 7.23. The van der Waals surface area contributed by atoms with E-state index in [-0.39, 0.29) is 6.54 Å². The number of carbonyl (C=O) groups is 1. The molecule has 2 rings (SSSR count). The lowest BCUT2D eigenvalue weighted by Crippen LogP contribution is -2.21. The number of rotatable bonds is 3. The molecule has 1 atom stereocenters. The molecule has 0 saturated heterocycles. The summed E-state index contributed by atoms with van der Waals surface area (Å²) in [5, 5.41) is 18.4. The van der Waals surface area contributed by atoms with E-state index >= 15 is 0 Å². The number of nitrogens with one attached hydrogen (secondary N) is 1. The Morgan fingerprint density at radius 1 is 1.79 bits per heavy atom. The summed E-state index contributed by atoms with van der Waals surface area (Å²) in [6, 6.07) is 1.85. The predicted molar refractivity (Wildman–Crippen MR) is 53.4 cm³/mol. The SMILES string of the molecule is NCC(C(=O)O)c1[nH]nc2sccc12. The molecule has 0 spiro atoms. The van der Waals surface area contributed by atoms with E-state index in [1.54, 1.807) is 0 Å². The second-order valence-electron chi connectivity index (χ2n) is 2.90. The molecule has 5 nitrogen and oxygen atoms in total. The predicted octanol–water partition coefficient (Wildman–Crippen LogP) is 0.751. The molecular weight excluding hydrogens is 202 g/mol. The molecule has 2 aromatic rings. The normalized spacial score (nSPS) is 13.2. The molecule has 0 aliphatic carbocycles. The van der Waals surface area contributed by atoms with Crippen LogP contribution < -0.4 is 5.73 Å². The molecule has 0 amide bonds. The van der Waals surface area contributed by atoms with E-state index < -0.39 is 11.9 Å². The number of aromatic nitrogens is 2. The number of aromatic amines is 1. The average molecular weight is 211 g/mol. The van der Waals surface area contributed by atoms with Crippen molar-refractivity contribution in [2.24, 2.45) is 5.73 Å². The van der Waals surface area contributed by atoms with Gasteiger partial charge in [0.25, 0.3) is 0 Å². The van der Waals surface area contributed by atoms with E-state index in [2.05, 4.69) is 10.2 Å². The molecule has 0 aliphatic heterocycles. The molecule has 4 N–H and O–H groups in total. The lowest BCUT2D eigenvalue weighted by Gasteiger charge is -2.06. The molecule has 6 heteroatoms. The smallest absolute Gasteiger partial charge is 0.313 e. The van der Waals surface area contributed by atoms with Crippen LogP contribution in [0, 0.1) is 0 Å². The Morgan fingerprint density at radius 3 is 3.21 bits per heavy atom. The maximum absolute atomic E-state index is 10.9. The first-order chi connectivity index (χ1) is 6.74. The number of H-pyrrole nitrogens is 1. The summed E-state index contributed by atoms with van der Waals surface area (Å²) in [5.74, 6) is -1.63. The van der Waals surface area contributed by atoms with Crippen LogP contribution in [-0.2, 0) is 4.79 Å². The fourth-order valence-corrected chi connectivity index (χ4v) is 2.11. The van der Waals surface area contributed by atoms with Crippen molar-refractivity contribution in [3.05, 3.63) is 17.1 Å². The van der Waals surface area contributed by atoms with Gasteiger partial charge in [-0.2, -0.15) is 5.10 Å². The maximum Gasteiger partial charge on any atom is 0.313 e. The van der Waals surface area contributed by atoms with Crippen LogP contribution >= 0.6 is 11.3 Å². The van der Waals surface area contributed by atoms with Gasteiger partial charge in [0.15, 0.2) is 0 Å². The van der Waals surface area contributed by atoms with Gasteiger partial charge in [0, 0.05) is 11.9 Å². The Labute approximate surface area is 83.5 Å². The van der Waals surface area contributed by atoms with Crippen molar-refractivity contribution in [3.8, 4) is 0 Å². The van der Waals surface area contributed by atoms with Gasteiger partial charge in [0.05, 0.1) is 5.69 Å². The monoisotopic (exact) mass is 211 g/mol. The minimum atomic E-state index is -0.927. The number of nitrogens with two attached hydrogens (primary N) is 1. The number of thiophene rings is 1. The van der Waals surface area contributed by atoms with Crippen LogP contribution in [0.15, 0.2) is 11.4 Å². The van der Waals surface area contributed by atoms with Crippen LogP contribution in [0.2, 0.25) is 0 Å². The highest BCUT2D eigenvalue weighted by Gasteiger charge is 2.22. The van der Waals surface area contributed by atoms with E-state index in [4.69, 9.17) is 10.8 Å². The highest BCUT2D eigenvalue weighted by molar-refractivity contribution is 7.16. The number of carboxylic acids is 1. The Balaban J connectivity index is 2.51. The molecule has 0 aliphatic rings. The number of carboxylic acid groups (broad SMARTS) is 1. The van der Waals surface area contributed by atoms with Gasteiger partial charge in [-0.05, 0) is 11.4 Å². The summed E-state index contributed by atoms with van der Waals surface area (Å²) < 4.78 is 0. The minimum absolute atomic E-state index is 0.0719. The largest absolute Gasteiger partial charge is 0.481 e. The third-order valence-corrected chi connectivity index (χ3v) is 2.90. The summed E-state index contributed by atoms with van der Waals surface area (Å²) in [7, 11) is 0. The van der Waals surface area contributed by atoms with E-state index in [0.717, 1.165) is 10.2 Å². The zero-order chi connectivity index (χ0) is 10.1. The summed E-state index contributed by atoms with van der Waals surface area (Å²) in [6.45, 7) is 0.0719. The van der Waals surface area contributed by atoms with Crippen molar-refractivity contribution < 1.29 is 9.90 Å². The van der Waals surface area contributed by atoms with Crippen molar-refractivity contribution in [3.63, 3.8) is 0 Å². The maximum atomic E-state index is 10.9. The number of nitrogens with zero attached hydrogens (tertiary/aromatic N) is 1. The lowest BCUT2D eigenvalue weighted by molar-refractivity contribution is -0.138. The van der Waals surface area contributed by atoms with E-state index in [1.165, 1.54) is 11.3 Å². The van der Waals surface area contributed by atoms with Crippen LogP contribution in [0.3, 0.4) is 0 Å². The number of fused-ring (bicyclic) bond motifs is 1. The molecule has 2 aromatic heterocycles. The molecule has 1 unspecified atom stereocenters. The van der Waals surface area contributed by atoms with Crippen LogP contribution in [0.4, 0.5) is 0 Å². The molecular formula is C8H9N3O2S. The second-order valence-corrected chi connectivity index (χ2v) is 3.80.